The van der Waals surface area contributed by atoms with Gasteiger partial charge in [-0.05, 0) is 120 Å². The molecule has 9 aromatic rings. The molecule has 2 aliphatic carbocycles. The lowest BCUT2D eigenvalue weighted by molar-refractivity contribution is 0.563. The Kier molecular flexibility index (Phi) is 9.66. The monoisotopic (exact) mass is 820 g/mol. The number of aliphatic imine (C=N–C) groups is 1. The van der Waals surface area contributed by atoms with Crippen LogP contribution in [0, 0.1) is 0 Å². The summed E-state index contributed by atoms with van der Waals surface area (Å²) in [6.45, 7) is 4.74. The predicted octanol–water partition coefficient (Wildman–Crippen LogP) is 14.7. The minimum Gasteiger partial charge on any atom is -0.383 e. The van der Waals surface area contributed by atoms with E-state index < -0.39 is 5.41 Å². The number of amidine groups is 1. The van der Waals surface area contributed by atoms with Gasteiger partial charge in [-0.25, -0.2) is 4.99 Å². The summed E-state index contributed by atoms with van der Waals surface area (Å²) in [7, 11) is 0. The van der Waals surface area contributed by atoms with Crippen LogP contribution >= 0.6 is 0 Å². The second-order valence-electron chi connectivity index (χ2n) is 17.6. The summed E-state index contributed by atoms with van der Waals surface area (Å²) in [6.07, 6.45) is 2.94. The van der Waals surface area contributed by atoms with Crippen molar-refractivity contribution in [2.45, 2.75) is 31.1 Å². The zero-order chi connectivity index (χ0) is 43.3. The van der Waals surface area contributed by atoms with Crippen molar-refractivity contribution in [3.8, 4) is 44.5 Å². The van der Waals surface area contributed by atoms with Gasteiger partial charge in [-0.2, -0.15) is 0 Å². The van der Waals surface area contributed by atoms with Crippen LogP contribution in [0.4, 0.5) is 0 Å². The van der Waals surface area contributed by atoms with Crippen molar-refractivity contribution in [3.05, 3.63) is 281 Å². The highest BCUT2D eigenvalue weighted by Crippen LogP contribution is 2.63. The average molecular weight is 821 g/mol. The maximum absolute atomic E-state index is 7.41. The Morgan fingerprint density at radius 3 is 1.50 bits per heavy atom. The van der Waals surface area contributed by atoms with Gasteiger partial charge in [0.15, 0.2) is 0 Å². The minimum absolute atomic E-state index is 0.209. The first-order chi connectivity index (χ1) is 31.4. The maximum Gasteiger partial charge on any atom is 0.131 e. The fourth-order valence-electron chi connectivity index (χ4n) is 10.6. The fourth-order valence-corrected chi connectivity index (χ4v) is 10.6. The fraction of sp³-hybridized carbons (Fsp3) is 0.0806. The van der Waals surface area contributed by atoms with E-state index in [0.29, 0.717) is 5.84 Å². The molecule has 1 spiro atoms. The SMILES string of the molecule is CC1(C)c2ccccc2C2(c3ccc(-c4cc(-c5ccccc5)cc(-c5ccccc5)c4)cc3-c3c(C(N)=N/C(=C\Cc4ccccc4)c4ccccc4)cccc32)c2ccccc21. The molecule has 0 saturated heterocycles. The van der Waals surface area contributed by atoms with Crippen molar-refractivity contribution >= 4 is 11.5 Å². The van der Waals surface area contributed by atoms with E-state index in [1.807, 2.05) is 6.07 Å². The molecule has 9 aromatic carbocycles. The number of nitrogens with two attached hydrogens (primary N) is 1. The van der Waals surface area contributed by atoms with Crippen LogP contribution in [0.2, 0.25) is 0 Å². The third-order valence-corrected chi connectivity index (χ3v) is 13.6. The van der Waals surface area contributed by atoms with Gasteiger partial charge >= 0.3 is 0 Å². The third-order valence-electron chi connectivity index (χ3n) is 13.6. The lowest BCUT2D eigenvalue weighted by Crippen LogP contribution is -2.40. The normalized spacial score (nSPS) is 14.3. The first kappa shape index (κ1) is 39.1. The molecule has 0 radical (unpaired) electrons. The van der Waals surface area contributed by atoms with E-state index in [9.17, 15) is 0 Å². The lowest BCUT2D eigenvalue weighted by Gasteiger charge is -2.46. The summed E-state index contributed by atoms with van der Waals surface area (Å²) in [5.74, 6) is 0.489. The summed E-state index contributed by atoms with van der Waals surface area (Å²) in [5, 5.41) is 0. The number of nitrogens with zero attached hydrogens (tertiary/aromatic N) is 1. The number of benzene rings is 9. The van der Waals surface area contributed by atoms with Crippen LogP contribution in [0.3, 0.4) is 0 Å². The molecular formula is C62H48N2. The van der Waals surface area contributed by atoms with Crippen LogP contribution in [0.25, 0.3) is 50.2 Å². The van der Waals surface area contributed by atoms with E-state index in [0.717, 1.165) is 39.9 Å². The summed E-state index contributed by atoms with van der Waals surface area (Å²) >= 11 is 0. The van der Waals surface area contributed by atoms with Crippen LogP contribution in [0.1, 0.15) is 63.9 Å². The number of fused-ring (bicyclic) bond motifs is 9. The second kappa shape index (κ2) is 15.8. The molecule has 0 saturated carbocycles. The highest BCUT2D eigenvalue weighted by molar-refractivity contribution is 6.09. The summed E-state index contributed by atoms with van der Waals surface area (Å²) in [6, 6.07) is 81.4. The predicted molar refractivity (Wildman–Crippen MR) is 267 cm³/mol. The summed E-state index contributed by atoms with van der Waals surface area (Å²) < 4.78 is 0. The van der Waals surface area contributed by atoms with Crippen LogP contribution in [-0.4, -0.2) is 5.84 Å². The molecule has 0 fully saturated rings. The zero-order valence-corrected chi connectivity index (χ0v) is 36.2. The molecule has 2 nitrogen and oxygen atoms in total. The number of rotatable bonds is 8. The highest BCUT2D eigenvalue weighted by Gasteiger charge is 2.53. The molecule has 306 valence electrons. The van der Waals surface area contributed by atoms with E-state index in [-0.39, 0.29) is 5.41 Å². The number of hydrogen-bond donors (Lipinski definition) is 1. The van der Waals surface area contributed by atoms with Gasteiger partial charge in [0.1, 0.15) is 5.84 Å². The molecule has 11 rings (SSSR count). The molecule has 0 amide bonds. The smallest absolute Gasteiger partial charge is 0.131 e. The van der Waals surface area contributed by atoms with E-state index >= 15 is 0 Å². The van der Waals surface area contributed by atoms with Crippen molar-refractivity contribution in [2.24, 2.45) is 10.7 Å². The van der Waals surface area contributed by atoms with Crippen molar-refractivity contribution in [1.82, 2.24) is 0 Å². The van der Waals surface area contributed by atoms with Gasteiger partial charge in [0.05, 0.1) is 11.1 Å². The van der Waals surface area contributed by atoms with Crippen LogP contribution in [0.15, 0.2) is 236 Å². The molecule has 0 unspecified atom stereocenters. The standard InChI is InChI=1S/C62H48N2/c1-61(2)53-29-15-17-31-55(53)62(56-32-18-16-30-54(56)61)52-36-35-46(49-39-47(43-22-9-4-10-23-43)38-48(40-49)44-24-11-5-12-25-44)41-51(52)59-50(28-19-33-57(59)62)60(63)64-58(45-26-13-6-14-27-45)37-34-42-20-7-3-8-21-42/h3-33,35-41H,34H2,1-2H3,(H2,63,64)/b58-37-. The molecule has 0 bridgehead atoms. The summed E-state index contributed by atoms with van der Waals surface area (Å²) in [4.78, 5) is 5.35. The number of allylic oxidation sites excluding steroid dienone is 1. The van der Waals surface area contributed by atoms with Gasteiger partial charge in [0.2, 0.25) is 0 Å². The molecule has 64 heavy (non-hydrogen) atoms. The molecule has 0 atom stereocenters. The Morgan fingerprint density at radius 2 is 0.922 bits per heavy atom. The maximum atomic E-state index is 7.41. The van der Waals surface area contributed by atoms with Gasteiger partial charge < -0.3 is 5.73 Å². The lowest BCUT2D eigenvalue weighted by atomic mass is 9.55. The molecule has 2 aliphatic rings. The van der Waals surface area contributed by atoms with Gasteiger partial charge in [0.25, 0.3) is 0 Å². The molecule has 0 heterocycles. The van der Waals surface area contributed by atoms with Gasteiger partial charge in [-0.15, -0.1) is 0 Å². The van der Waals surface area contributed by atoms with Gasteiger partial charge in [-0.1, -0.05) is 220 Å². The highest BCUT2D eigenvalue weighted by atomic mass is 14.9. The Bertz CT molecular complexity index is 3140. The second-order valence-corrected chi connectivity index (χ2v) is 17.6. The molecule has 2 heteroatoms. The van der Waals surface area contributed by atoms with Crippen LogP contribution in [-0.2, 0) is 17.3 Å². The quantitative estimate of drug-likeness (QED) is 0.120. The van der Waals surface area contributed by atoms with Crippen LogP contribution < -0.4 is 5.73 Å². The molecular weight excluding hydrogens is 773 g/mol. The molecule has 0 aromatic heterocycles. The van der Waals surface area contributed by atoms with E-state index in [4.69, 9.17) is 10.7 Å². The Morgan fingerprint density at radius 1 is 0.438 bits per heavy atom. The molecule has 2 N–H and O–H groups in total. The van der Waals surface area contributed by atoms with E-state index in [2.05, 4.69) is 238 Å². The molecule has 0 aliphatic heterocycles. The number of hydrogen-bond acceptors (Lipinski definition) is 1. The average Bonchev–Trinajstić information content (AvgIpc) is 3.66. The Balaban J connectivity index is 1.18. The van der Waals surface area contributed by atoms with E-state index in [1.165, 1.54) is 66.8 Å². The first-order valence-electron chi connectivity index (χ1n) is 22.3. The zero-order valence-electron chi connectivity index (χ0n) is 36.2. The van der Waals surface area contributed by atoms with Crippen molar-refractivity contribution in [2.75, 3.05) is 0 Å². The van der Waals surface area contributed by atoms with Crippen molar-refractivity contribution in [1.29, 1.82) is 0 Å². The Labute approximate surface area is 376 Å². The largest absolute Gasteiger partial charge is 0.383 e. The van der Waals surface area contributed by atoms with Gasteiger partial charge in [-0.3, -0.25) is 0 Å². The summed E-state index contributed by atoms with van der Waals surface area (Å²) in [5.41, 5.74) is 27.7. The van der Waals surface area contributed by atoms with Crippen molar-refractivity contribution < 1.29 is 0 Å². The Hall–Kier alpha value is -7.81. The topological polar surface area (TPSA) is 38.4 Å². The van der Waals surface area contributed by atoms with Crippen LogP contribution in [0.5, 0.6) is 0 Å². The van der Waals surface area contributed by atoms with Crippen molar-refractivity contribution in [3.63, 3.8) is 0 Å². The van der Waals surface area contributed by atoms with Gasteiger partial charge in [0, 0.05) is 11.0 Å². The van der Waals surface area contributed by atoms with E-state index in [1.54, 1.807) is 0 Å². The first-order valence-corrected chi connectivity index (χ1v) is 22.3. The minimum atomic E-state index is -0.589. The third kappa shape index (κ3) is 6.45.